The molecule has 0 spiro atoms. The molecule has 3 rings (SSSR count). The zero-order chi connectivity index (χ0) is 20.8. The van der Waals surface area contributed by atoms with Crippen LogP contribution in [0.1, 0.15) is 22.5 Å². The first-order chi connectivity index (χ1) is 13.9. The molecule has 0 saturated heterocycles. The quantitative estimate of drug-likeness (QED) is 0.583. The average Bonchev–Trinajstić information content (AvgIpc) is 2.68. The second-order valence-electron chi connectivity index (χ2n) is 6.96. The van der Waals surface area contributed by atoms with Crippen LogP contribution in [0.25, 0.3) is 0 Å². The number of rotatable bonds is 8. The van der Waals surface area contributed by atoms with E-state index in [2.05, 4.69) is 15.3 Å². The van der Waals surface area contributed by atoms with Crippen LogP contribution >= 0.6 is 11.6 Å². The van der Waals surface area contributed by atoms with Crippen molar-refractivity contribution in [2.45, 2.75) is 19.4 Å². The first-order valence-electron chi connectivity index (χ1n) is 9.22. The molecule has 7 heteroatoms. The van der Waals surface area contributed by atoms with E-state index in [1.165, 1.54) is 0 Å². The highest BCUT2D eigenvalue weighted by Gasteiger charge is 2.12. The van der Waals surface area contributed by atoms with Gasteiger partial charge in [-0.2, -0.15) is 0 Å². The zero-order valence-corrected chi connectivity index (χ0v) is 17.1. The fourth-order valence-corrected chi connectivity index (χ4v) is 3.18. The number of aromatic nitrogens is 2. The van der Waals surface area contributed by atoms with Crippen LogP contribution in [0.15, 0.2) is 54.7 Å². The minimum absolute atomic E-state index is 0.0964. The van der Waals surface area contributed by atoms with Gasteiger partial charge in [0.2, 0.25) is 0 Å². The largest absolute Gasteiger partial charge is 0.481 e. The predicted molar refractivity (Wildman–Crippen MR) is 116 cm³/mol. The summed E-state index contributed by atoms with van der Waals surface area (Å²) in [5.41, 5.74) is 3.81. The van der Waals surface area contributed by atoms with E-state index < -0.39 is 5.97 Å². The monoisotopic (exact) mass is 410 g/mol. The predicted octanol–water partition coefficient (Wildman–Crippen LogP) is 4.03. The number of carbonyl (C=O) groups is 1. The van der Waals surface area contributed by atoms with Crippen molar-refractivity contribution < 1.29 is 9.90 Å². The lowest BCUT2D eigenvalue weighted by atomic mass is 10.1. The minimum Gasteiger partial charge on any atom is -0.481 e. The molecule has 0 amide bonds. The first-order valence-corrected chi connectivity index (χ1v) is 9.59. The number of halogens is 1. The van der Waals surface area contributed by atoms with Gasteiger partial charge >= 0.3 is 5.97 Å². The summed E-state index contributed by atoms with van der Waals surface area (Å²) >= 11 is 6.02. The standard InChI is InChI=1S/C22H23ClN4O2/c1-27(2)22-17(12-21(28)29)14-25-20(26-22)11-15-6-8-19(9-7-15)24-13-16-4-3-5-18(23)10-16/h3-10,14,24H,11-13H2,1-2H3,(H,28,29). The summed E-state index contributed by atoms with van der Waals surface area (Å²) < 4.78 is 0. The van der Waals surface area contributed by atoms with Crippen LogP contribution < -0.4 is 10.2 Å². The van der Waals surface area contributed by atoms with Crippen molar-refractivity contribution in [1.82, 2.24) is 9.97 Å². The number of anilines is 2. The van der Waals surface area contributed by atoms with E-state index in [-0.39, 0.29) is 6.42 Å². The molecular weight excluding hydrogens is 388 g/mol. The van der Waals surface area contributed by atoms with Gasteiger partial charge in [0.05, 0.1) is 6.42 Å². The molecule has 1 aromatic heterocycles. The maximum atomic E-state index is 11.0. The Hall–Kier alpha value is -3.12. The molecule has 0 saturated carbocycles. The first kappa shape index (κ1) is 20.6. The van der Waals surface area contributed by atoms with Gasteiger partial charge in [-0.1, -0.05) is 35.9 Å². The Labute approximate surface area is 175 Å². The highest BCUT2D eigenvalue weighted by Crippen LogP contribution is 2.19. The van der Waals surface area contributed by atoms with Crippen LogP contribution in [0.5, 0.6) is 0 Å². The van der Waals surface area contributed by atoms with Gasteiger partial charge in [0.25, 0.3) is 0 Å². The third kappa shape index (κ3) is 5.93. The molecule has 0 aliphatic carbocycles. The van der Waals surface area contributed by atoms with Gasteiger partial charge in [-0.3, -0.25) is 4.79 Å². The van der Waals surface area contributed by atoms with E-state index in [9.17, 15) is 4.79 Å². The second kappa shape index (κ2) is 9.39. The molecule has 0 aliphatic heterocycles. The molecule has 0 bridgehead atoms. The average molecular weight is 411 g/mol. The van der Waals surface area contributed by atoms with Crippen molar-refractivity contribution in [2.24, 2.45) is 0 Å². The molecule has 0 radical (unpaired) electrons. The summed E-state index contributed by atoms with van der Waals surface area (Å²) in [4.78, 5) is 21.7. The van der Waals surface area contributed by atoms with E-state index in [4.69, 9.17) is 16.7 Å². The molecule has 150 valence electrons. The molecule has 0 unspecified atom stereocenters. The number of carboxylic acids is 1. The topological polar surface area (TPSA) is 78.4 Å². The Morgan fingerprint density at radius 1 is 1.14 bits per heavy atom. The highest BCUT2D eigenvalue weighted by molar-refractivity contribution is 6.30. The summed E-state index contributed by atoms with van der Waals surface area (Å²) in [6.07, 6.45) is 2.08. The van der Waals surface area contributed by atoms with Crippen LogP contribution in [0, 0.1) is 0 Å². The summed E-state index contributed by atoms with van der Waals surface area (Å²) in [5, 5.41) is 13.2. The minimum atomic E-state index is -0.898. The number of hydrogen-bond donors (Lipinski definition) is 2. The van der Waals surface area contributed by atoms with E-state index in [1.54, 1.807) is 6.20 Å². The summed E-state index contributed by atoms with van der Waals surface area (Å²) in [5.74, 6) is 0.394. The Morgan fingerprint density at radius 2 is 1.90 bits per heavy atom. The number of aliphatic carboxylic acids is 1. The van der Waals surface area contributed by atoms with E-state index in [0.29, 0.717) is 30.2 Å². The van der Waals surface area contributed by atoms with Gasteiger partial charge in [-0.15, -0.1) is 0 Å². The molecule has 1 heterocycles. The Balaban J connectivity index is 1.66. The lowest BCUT2D eigenvalue weighted by Gasteiger charge is -2.16. The molecule has 3 aromatic rings. The lowest BCUT2D eigenvalue weighted by molar-refractivity contribution is -0.136. The number of nitrogens with zero attached hydrogens (tertiary/aromatic N) is 3. The molecule has 0 fully saturated rings. The van der Waals surface area contributed by atoms with Gasteiger partial charge in [-0.25, -0.2) is 9.97 Å². The van der Waals surface area contributed by atoms with Gasteiger partial charge in [0.15, 0.2) is 0 Å². The molecule has 29 heavy (non-hydrogen) atoms. The van der Waals surface area contributed by atoms with Crippen LogP contribution in [-0.4, -0.2) is 35.1 Å². The van der Waals surface area contributed by atoms with Crippen molar-refractivity contribution in [2.75, 3.05) is 24.3 Å². The molecule has 2 N–H and O–H groups in total. The fourth-order valence-electron chi connectivity index (χ4n) is 2.97. The lowest BCUT2D eigenvalue weighted by Crippen LogP contribution is -2.17. The van der Waals surface area contributed by atoms with Crippen LogP contribution in [0.3, 0.4) is 0 Å². The summed E-state index contributed by atoms with van der Waals surface area (Å²) in [6, 6.07) is 15.9. The zero-order valence-electron chi connectivity index (χ0n) is 16.4. The molecular formula is C22H23ClN4O2. The van der Waals surface area contributed by atoms with Crippen molar-refractivity contribution in [3.05, 3.63) is 82.3 Å². The molecule has 2 aromatic carbocycles. The maximum Gasteiger partial charge on any atom is 0.308 e. The number of carboxylic acid groups (broad SMARTS) is 1. The van der Waals surface area contributed by atoms with Crippen LogP contribution in [0.4, 0.5) is 11.5 Å². The normalized spacial score (nSPS) is 10.6. The van der Waals surface area contributed by atoms with Gasteiger partial charge in [0.1, 0.15) is 11.6 Å². The van der Waals surface area contributed by atoms with E-state index >= 15 is 0 Å². The Bertz CT molecular complexity index is 990. The summed E-state index contributed by atoms with van der Waals surface area (Å²) in [7, 11) is 3.69. The smallest absolute Gasteiger partial charge is 0.308 e. The Kier molecular flexibility index (Phi) is 6.67. The van der Waals surface area contributed by atoms with Crippen molar-refractivity contribution in [1.29, 1.82) is 0 Å². The molecule has 6 nitrogen and oxygen atoms in total. The van der Waals surface area contributed by atoms with Gasteiger partial charge in [-0.05, 0) is 35.4 Å². The third-order valence-corrected chi connectivity index (χ3v) is 4.59. The van der Waals surface area contributed by atoms with E-state index in [1.807, 2.05) is 67.5 Å². The van der Waals surface area contributed by atoms with Crippen molar-refractivity contribution in [3.8, 4) is 0 Å². The number of hydrogen-bond acceptors (Lipinski definition) is 5. The third-order valence-electron chi connectivity index (χ3n) is 4.36. The van der Waals surface area contributed by atoms with Gasteiger partial charge in [0, 0.05) is 49.5 Å². The van der Waals surface area contributed by atoms with Crippen molar-refractivity contribution >= 4 is 29.1 Å². The van der Waals surface area contributed by atoms with Gasteiger partial charge < -0.3 is 15.3 Å². The highest BCUT2D eigenvalue weighted by atomic mass is 35.5. The number of nitrogens with one attached hydrogen (secondary N) is 1. The Morgan fingerprint density at radius 3 is 2.55 bits per heavy atom. The van der Waals surface area contributed by atoms with Crippen molar-refractivity contribution in [3.63, 3.8) is 0 Å². The van der Waals surface area contributed by atoms with Crippen LogP contribution in [0.2, 0.25) is 5.02 Å². The maximum absolute atomic E-state index is 11.0. The van der Waals surface area contributed by atoms with Crippen LogP contribution in [-0.2, 0) is 24.2 Å². The molecule has 0 atom stereocenters. The van der Waals surface area contributed by atoms with E-state index in [0.717, 1.165) is 21.8 Å². The molecule has 0 aliphatic rings. The SMILES string of the molecule is CN(C)c1nc(Cc2ccc(NCc3cccc(Cl)c3)cc2)ncc1CC(=O)O. The second-order valence-corrected chi connectivity index (χ2v) is 7.39. The fraction of sp³-hybridized carbons (Fsp3) is 0.227. The summed E-state index contributed by atoms with van der Waals surface area (Å²) in [6.45, 7) is 0.695. The number of benzene rings is 2.